The summed E-state index contributed by atoms with van der Waals surface area (Å²) >= 11 is 0. The van der Waals surface area contributed by atoms with Crippen molar-refractivity contribution in [3.05, 3.63) is 29.8 Å². The Bertz CT molecular complexity index is 508. The largest absolute Gasteiger partial charge is 0.461 e. The summed E-state index contributed by atoms with van der Waals surface area (Å²) in [6.45, 7) is 1.80. The summed E-state index contributed by atoms with van der Waals surface area (Å²) < 4.78 is 81.0. The molecule has 23 heavy (non-hydrogen) atoms. The maximum Gasteiger partial charge on any atom is 0.461 e. The van der Waals surface area contributed by atoms with Crippen molar-refractivity contribution in [1.82, 2.24) is 10.2 Å². The number of hydrogen-bond acceptors (Lipinski definition) is 3. The molecular formula is C14H16F6N2O. The highest BCUT2D eigenvalue weighted by molar-refractivity contribution is 5.31. The van der Waals surface area contributed by atoms with Gasteiger partial charge in [-0.2, -0.15) is 17.6 Å². The molecule has 0 amide bonds. The Morgan fingerprint density at radius 2 is 1.74 bits per heavy atom. The van der Waals surface area contributed by atoms with Crippen molar-refractivity contribution in [2.75, 3.05) is 26.2 Å². The van der Waals surface area contributed by atoms with Crippen LogP contribution in [0.5, 0.6) is 5.75 Å². The smallest absolute Gasteiger partial charge is 0.428 e. The summed E-state index contributed by atoms with van der Waals surface area (Å²) in [6, 6.07) is 3.24. The molecule has 0 saturated carbocycles. The van der Waals surface area contributed by atoms with E-state index in [0.29, 0.717) is 26.2 Å². The lowest BCUT2D eigenvalue weighted by Gasteiger charge is -2.34. The lowest BCUT2D eigenvalue weighted by Crippen LogP contribution is -2.46. The second kappa shape index (κ2) is 7.39. The average molecular weight is 342 g/mol. The Morgan fingerprint density at radius 1 is 1.09 bits per heavy atom. The molecule has 1 N–H and O–H groups in total. The fourth-order valence-corrected chi connectivity index (χ4v) is 2.44. The van der Waals surface area contributed by atoms with E-state index < -0.39 is 30.8 Å². The lowest BCUT2D eigenvalue weighted by molar-refractivity contribution is -0.253. The number of rotatable bonds is 6. The van der Waals surface area contributed by atoms with Gasteiger partial charge in [0.25, 0.3) is 6.43 Å². The number of halogens is 6. The first kappa shape index (κ1) is 17.9. The Kier molecular flexibility index (Phi) is 5.74. The maximum atomic E-state index is 13.4. The van der Waals surface area contributed by atoms with Gasteiger partial charge in [0.05, 0.1) is 6.04 Å². The van der Waals surface area contributed by atoms with E-state index in [-0.39, 0.29) is 5.56 Å². The number of piperazine rings is 1. The molecule has 2 rings (SSSR count). The molecule has 1 aromatic rings. The second-order valence-corrected chi connectivity index (χ2v) is 5.10. The zero-order valence-electron chi connectivity index (χ0n) is 12.0. The molecule has 1 aliphatic heterocycles. The zero-order valence-corrected chi connectivity index (χ0v) is 12.0. The Labute approximate surface area is 129 Å². The van der Waals surface area contributed by atoms with Gasteiger partial charge in [0.1, 0.15) is 5.75 Å². The number of nitrogens with zero attached hydrogens (tertiary/aromatic N) is 1. The van der Waals surface area contributed by atoms with Crippen molar-refractivity contribution >= 4 is 0 Å². The summed E-state index contributed by atoms with van der Waals surface area (Å²) in [5.41, 5.74) is 0.0458. The Balaban J connectivity index is 2.21. The molecule has 130 valence electrons. The first-order valence-electron chi connectivity index (χ1n) is 6.99. The molecule has 0 aliphatic carbocycles. The van der Waals surface area contributed by atoms with Crippen molar-refractivity contribution < 1.29 is 31.1 Å². The number of alkyl halides is 6. The van der Waals surface area contributed by atoms with Gasteiger partial charge in [-0.3, -0.25) is 4.90 Å². The zero-order chi connectivity index (χ0) is 17.0. The standard InChI is InChI=1S/C14H16F6N2O/c15-12(16)11(22-6-4-21-5-7-22)9-2-1-3-10(8-9)23-14(19,20)13(17)18/h1-3,8,11-13,21H,4-7H2/t11-/m0/s1. The SMILES string of the molecule is FC(F)[C@H](c1cccc(OC(F)(F)C(F)F)c1)N1CCNCC1. The van der Waals surface area contributed by atoms with E-state index in [2.05, 4.69) is 10.1 Å². The molecule has 0 aromatic heterocycles. The summed E-state index contributed by atoms with van der Waals surface area (Å²) in [5, 5.41) is 3.02. The molecular weight excluding hydrogens is 326 g/mol. The highest BCUT2D eigenvalue weighted by atomic mass is 19.3. The summed E-state index contributed by atoms with van der Waals surface area (Å²) in [4.78, 5) is 1.52. The minimum absolute atomic E-state index is 0.0458. The van der Waals surface area contributed by atoms with Gasteiger partial charge in [-0.05, 0) is 17.7 Å². The number of nitrogens with one attached hydrogen (secondary N) is 1. The molecule has 0 bridgehead atoms. The van der Waals surface area contributed by atoms with Gasteiger partial charge < -0.3 is 10.1 Å². The quantitative estimate of drug-likeness (QED) is 0.804. The van der Waals surface area contributed by atoms with Crippen LogP contribution < -0.4 is 10.1 Å². The van der Waals surface area contributed by atoms with Crippen molar-refractivity contribution in [3.8, 4) is 5.75 Å². The first-order chi connectivity index (χ1) is 10.8. The van der Waals surface area contributed by atoms with Crippen molar-refractivity contribution in [2.24, 2.45) is 0 Å². The summed E-state index contributed by atoms with van der Waals surface area (Å²) in [6.07, 6.45) is -11.4. The van der Waals surface area contributed by atoms with E-state index in [1.165, 1.54) is 17.0 Å². The predicted octanol–water partition coefficient (Wildman–Crippen LogP) is 3.13. The van der Waals surface area contributed by atoms with E-state index in [9.17, 15) is 26.3 Å². The van der Waals surface area contributed by atoms with Crippen molar-refractivity contribution in [2.45, 2.75) is 25.0 Å². The van der Waals surface area contributed by atoms with Crippen LogP contribution in [0.2, 0.25) is 0 Å². The van der Waals surface area contributed by atoms with Crippen LogP contribution in [0.3, 0.4) is 0 Å². The molecule has 1 fully saturated rings. The van der Waals surface area contributed by atoms with Crippen LogP contribution in [0.15, 0.2) is 24.3 Å². The van der Waals surface area contributed by atoms with E-state index in [1.54, 1.807) is 0 Å². The molecule has 0 unspecified atom stereocenters. The van der Waals surface area contributed by atoms with Crippen LogP contribution in [0.1, 0.15) is 11.6 Å². The fraction of sp³-hybridized carbons (Fsp3) is 0.571. The Hall–Kier alpha value is -1.48. The van der Waals surface area contributed by atoms with Gasteiger partial charge in [-0.25, -0.2) is 8.78 Å². The van der Waals surface area contributed by atoms with Gasteiger partial charge in [0, 0.05) is 26.2 Å². The van der Waals surface area contributed by atoms with Crippen molar-refractivity contribution in [3.63, 3.8) is 0 Å². The highest BCUT2D eigenvalue weighted by Crippen LogP contribution is 2.33. The molecule has 3 nitrogen and oxygen atoms in total. The topological polar surface area (TPSA) is 24.5 Å². The molecule has 0 spiro atoms. The van der Waals surface area contributed by atoms with Gasteiger partial charge in [-0.15, -0.1) is 0 Å². The third kappa shape index (κ3) is 4.51. The molecule has 1 aromatic carbocycles. The third-order valence-corrected chi connectivity index (χ3v) is 3.49. The number of ether oxygens (including phenoxy) is 1. The van der Waals surface area contributed by atoms with Gasteiger partial charge in [-0.1, -0.05) is 12.1 Å². The van der Waals surface area contributed by atoms with Crippen LogP contribution >= 0.6 is 0 Å². The van der Waals surface area contributed by atoms with E-state index in [0.717, 1.165) is 12.1 Å². The normalized spacial score (nSPS) is 18.4. The van der Waals surface area contributed by atoms with Crippen LogP contribution in [0.25, 0.3) is 0 Å². The van der Waals surface area contributed by atoms with Crippen LogP contribution in [-0.4, -0.2) is 50.0 Å². The molecule has 9 heteroatoms. The monoisotopic (exact) mass is 342 g/mol. The van der Waals surface area contributed by atoms with Gasteiger partial charge in [0.15, 0.2) is 0 Å². The summed E-state index contributed by atoms with van der Waals surface area (Å²) in [7, 11) is 0. The fourth-order valence-electron chi connectivity index (χ4n) is 2.44. The molecule has 1 saturated heterocycles. The Morgan fingerprint density at radius 3 is 2.30 bits per heavy atom. The first-order valence-corrected chi connectivity index (χ1v) is 6.99. The molecule has 0 radical (unpaired) electrons. The lowest BCUT2D eigenvalue weighted by atomic mass is 10.0. The van der Waals surface area contributed by atoms with Crippen LogP contribution in [0, 0.1) is 0 Å². The minimum Gasteiger partial charge on any atom is -0.428 e. The van der Waals surface area contributed by atoms with Crippen LogP contribution in [-0.2, 0) is 0 Å². The van der Waals surface area contributed by atoms with Crippen molar-refractivity contribution in [1.29, 1.82) is 0 Å². The van der Waals surface area contributed by atoms with E-state index >= 15 is 0 Å². The number of benzene rings is 1. The van der Waals surface area contributed by atoms with Gasteiger partial charge >= 0.3 is 12.5 Å². The number of hydrogen-bond donors (Lipinski definition) is 1. The molecule has 1 heterocycles. The van der Waals surface area contributed by atoms with E-state index in [1.807, 2.05) is 0 Å². The minimum atomic E-state index is -4.67. The highest BCUT2D eigenvalue weighted by Gasteiger charge is 2.44. The van der Waals surface area contributed by atoms with Crippen LogP contribution in [0.4, 0.5) is 26.3 Å². The third-order valence-electron chi connectivity index (χ3n) is 3.49. The molecule has 1 aliphatic rings. The van der Waals surface area contributed by atoms with Gasteiger partial charge in [0.2, 0.25) is 0 Å². The average Bonchev–Trinajstić information content (AvgIpc) is 2.48. The molecule has 1 atom stereocenters. The summed E-state index contributed by atoms with van der Waals surface area (Å²) in [5.74, 6) is -0.575. The van der Waals surface area contributed by atoms with E-state index in [4.69, 9.17) is 0 Å². The predicted molar refractivity (Wildman–Crippen MR) is 71.2 cm³/mol. The second-order valence-electron chi connectivity index (χ2n) is 5.10. The maximum absolute atomic E-state index is 13.4.